The van der Waals surface area contributed by atoms with Gasteiger partial charge < -0.3 is 0 Å². The standard InChI is InChI=1S/C55H106N3/c1-4-7-10-12-14-16-18-20-22-24-26-28-30-32-34-36-38-40-42-44-46-48-51-54-56-53(50-9-6-3)57-55(58-54)52-49-47-45-43-41-39-37-35-33-31-29-27-25-23-21-19-17-15-13-11-8-5-2/h3-52H2,1-2H3. The molecule has 0 bridgehead atoms. The average molecular weight is 809 g/mol. The number of nitrogens with zero attached hydrogens (tertiary/aromatic N) is 3. The summed E-state index contributed by atoms with van der Waals surface area (Å²) in [5, 5.41) is 0. The van der Waals surface area contributed by atoms with Crippen molar-refractivity contribution >= 4 is 0 Å². The summed E-state index contributed by atoms with van der Waals surface area (Å²) in [6.45, 7) is 8.66. The molecule has 0 saturated carbocycles. The van der Waals surface area contributed by atoms with Gasteiger partial charge in [0.1, 0.15) is 17.5 Å². The lowest BCUT2D eigenvalue weighted by Crippen LogP contribution is -2.08. The van der Waals surface area contributed by atoms with Crippen molar-refractivity contribution in [3.05, 3.63) is 24.4 Å². The second-order valence-corrected chi connectivity index (χ2v) is 18.9. The molecule has 58 heavy (non-hydrogen) atoms. The van der Waals surface area contributed by atoms with Gasteiger partial charge in [0.25, 0.3) is 0 Å². The highest BCUT2D eigenvalue weighted by molar-refractivity contribution is 4.99. The number of aromatic nitrogens is 3. The van der Waals surface area contributed by atoms with Crippen molar-refractivity contribution in [1.29, 1.82) is 0 Å². The molecule has 0 atom stereocenters. The predicted octanol–water partition coefficient (Wildman–Crippen LogP) is 19.3. The molecule has 0 fully saturated rings. The number of aryl methyl sites for hydroxylation is 3. The molecule has 0 aliphatic rings. The topological polar surface area (TPSA) is 38.7 Å². The van der Waals surface area contributed by atoms with Gasteiger partial charge in [-0.2, -0.15) is 0 Å². The van der Waals surface area contributed by atoms with E-state index in [1.165, 1.54) is 283 Å². The van der Waals surface area contributed by atoms with E-state index in [9.17, 15) is 0 Å². The Morgan fingerprint density at radius 2 is 0.379 bits per heavy atom. The van der Waals surface area contributed by atoms with Gasteiger partial charge in [0.2, 0.25) is 0 Å². The molecule has 1 aromatic rings. The van der Waals surface area contributed by atoms with Crippen molar-refractivity contribution in [2.24, 2.45) is 0 Å². The number of rotatable bonds is 49. The van der Waals surface area contributed by atoms with Crippen molar-refractivity contribution in [3.63, 3.8) is 0 Å². The summed E-state index contributed by atoms with van der Waals surface area (Å²) in [6, 6.07) is 0. The van der Waals surface area contributed by atoms with E-state index in [0.29, 0.717) is 0 Å². The molecule has 0 aromatic carbocycles. The molecule has 0 saturated heterocycles. The number of hydrogen-bond acceptors (Lipinski definition) is 3. The van der Waals surface area contributed by atoms with Crippen LogP contribution in [0.1, 0.15) is 327 Å². The molecule has 1 rings (SSSR count). The van der Waals surface area contributed by atoms with Crippen LogP contribution < -0.4 is 0 Å². The Hall–Kier alpha value is -0.990. The maximum Gasteiger partial charge on any atom is 0.132 e. The van der Waals surface area contributed by atoms with E-state index in [0.717, 1.165) is 49.6 Å². The molecule has 0 aliphatic heterocycles. The molecule has 3 heteroatoms. The largest absolute Gasteiger partial charge is 0.218 e. The molecule has 0 N–H and O–H groups in total. The first kappa shape index (κ1) is 55.0. The smallest absolute Gasteiger partial charge is 0.132 e. The second kappa shape index (κ2) is 47.1. The summed E-state index contributed by atoms with van der Waals surface area (Å²) in [4.78, 5) is 14.7. The summed E-state index contributed by atoms with van der Waals surface area (Å²) in [5.74, 6) is 3.12. The van der Waals surface area contributed by atoms with E-state index in [-0.39, 0.29) is 0 Å². The molecule has 0 amide bonds. The van der Waals surface area contributed by atoms with E-state index in [4.69, 9.17) is 15.0 Å². The normalized spacial score (nSPS) is 11.6. The molecule has 1 radical (unpaired) electrons. The summed E-state index contributed by atoms with van der Waals surface area (Å²) in [5.41, 5.74) is 0. The first-order valence-electron chi connectivity index (χ1n) is 27.3. The fourth-order valence-electron chi connectivity index (χ4n) is 8.92. The van der Waals surface area contributed by atoms with Crippen molar-refractivity contribution in [2.45, 2.75) is 328 Å². The van der Waals surface area contributed by atoms with Crippen LogP contribution in [0.3, 0.4) is 0 Å². The van der Waals surface area contributed by atoms with Gasteiger partial charge in [-0.15, -0.1) is 0 Å². The maximum atomic E-state index is 4.95. The SMILES string of the molecule is [CH2]CCCc1nc(CCCCCCCCCCCCCCCCCCCCCCCC)nc(CCCCCCCCCCCCCCCCCCCCCCCC)n1. The van der Waals surface area contributed by atoms with Gasteiger partial charge in [0.15, 0.2) is 0 Å². The molecular weight excluding hydrogens is 703 g/mol. The maximum absolute atomic E-state index is 4.95. The third kappa shape index (κ3) is 40.4. The number of unbranched alkanes of at least 4 members (excludes halogenated alkanes) is 43. The van der Waals surface area contributed by atoms with E-state index in [2.05, 4.69) is 20.8 Å². The van der Waals surface area contributed by atoms with Crippen molar-refractivity contribution in [3.8, 4) is 0 Å². The molecule has 0 aliphatic carbocycles. The van der Waals surface area contributed by atoms with Crippen LogP contribution in [-0.2, 0) is 19.3 Å². The molecular formula is C55H106N3. The minimum absolute atomic E-state index is 0.949. The molecule has 341 valence electrons. The Morgan fingerprint density at radius 1 is 0.224 bits per heavy atom. The van der Waals surface area contributed by atoms with Gasteiger partial charge in [-0.25, -0.2) is 15.0 Å². The van der Waals surface area contributed by atoms with E-state index in [1.54, 1.807) is 0 Å². The van der Waals surface area contributed by atoms with Gasteiger partial charge in [-0.05, 0) is 19.3 Å². The van der Waals surface area contributed by atoms with Crippen LogP contribution in [0.4, 0.5) is 0 Å². The first-order valence-corrected chi connectivity index (χ1v) is 27.3. The van der Waals surface area contributed by atoms with Crippen molar-refractivity contribution < 1.29 is 0 Å². The van der Waals surface area contributed by atoms with E-state index < -0.39 is 0 Å². The summed E-state index contributed by atoms with van der Waals surface area (Å²) in [7, 11) is 0. The lowest BCUT2D eigenvalue weighted by molar-refractivity contribution is 0.518. The van der Waals surface area contributed by atoms with Crippen LogP contribution in [0.25, 0.3) is 0 Å². The summed E-state index contributed by atoms with van der Waals surface area (Å²) < 4.78 is 0. The van der Waals surface area contributed by atoms with Crippen LogP contribution in [0.5, 0.6) is 0 Å². The van der Waals surface area contributed by atoms with Gasteiger partial charge in [-0.3, -0.25) is 0 Å². The molecule has 3 nitrogen and oxygen atoms in total. The van der Waals surface area contributed by atoms with Crippen LogP contribution in [-0.4, -0.2) is 15.0 Å². The lowest BCUT2D eigenvalue weighted by atomic mass is 10.0. The summed E-state index contributed by atoms with van der Waals surface area (Å²) in [6.07, 6.45) is 68.0. The Bertz CT molecular complexity index is 848. The minimum atomic E-state index is 0.949. The molecule has 1 heterocycles. The fourth-order valence-corrected chi connectivity index (χ4v) is 8.92. The Labute approximate surface area is 366 Å². The number of hydrogen-bond donors (Lipinski definition) is 0. The second-order valence-electron chi connectivity index (χ2n) is 18.9. The zero-order valence-corrected chi connectivity index (χ0v) is 40.2. The van der Waals surface area contributed by atoms with Gasteiger partial charge in [0.05, 0.1) is 0 Å². The Kier molecular flexibility index (Phi) is 44.7. The highest BCUT2D eigenvalue weighted by Crippen LogP contribution is 2.18. The zero-order chi connectivity index (χ0) is 41.5. The Balaban J connectivity index is 1.96. The third-order valence-corrected chi connectivity index (χ3v) is 12.9. The fraction of sp³-hybridized carbons (Fsp3) is 0.927. The highest BCUT2D eigenvalue weighted by Gasteiger charge is 2.08. The minimum Gasteiger partial charge on any atom is -0.218 e. The highest BCUT2D eigenvalue weighted by atomic mass is 15.0. The van der Waals surface area contributed by atoms with Gasteiger partial charge >= 0.3 is 0 Å². The van der Waals surface area contributed by atoms with Crippen molar-refractivity contribution in [1.82, 2.24) is 15.0 Å². The lowest BCUT2D eigenvalue weighted by Gasteiger charge is -2.08. The molecule has 0 spiro atoms. The molecule has 0 unspecified atom stereocenters. The van der Waals surface area contributed by atoms with Gasteiger partial charge in [0, 0.05) is 19.3 Å². The monoisotopic (exact) mass is 809 g/mol. The average Bonchev–Trinajstić information content (AvgIpc) is 3.23. The Morgan fingerprint density at radius 3 is 0.552 bits per heavy atom. The van der Waals surface area contributed by atoms with Gasteiger partial charge in [-0.1, -0.05) is 297 Å². The predicted molar refractivity (Wildman–Crippen MR) is 260 cm³/mol. The van der Waals surface area contributed by atoms with E-state index in [1.807, 2.05) is 0 Å². The van der Waals surface area contributed by atoms with Crippen LogP contribution >= 0.6 is 0 Å². The molecule has 1 aromatic heterocycles. The third-order valence-electron chi connectivity index (χ3n) is 12.9. The quantitative estimate of drug-likeness (QED) is 0.0616. The van der Waals surface area contributed by atoms with Crippen LogP contribution in [0.15, 0.2) is 0 Å². The van der Waals surface area contributed by atoms with Crippen LogP contribution in [0, 0.1) is 6.92 Å². The summed E-state index contributed by atoms with van der Waals surface area (Å²) >= 11 is 0. The van der Waals surface area contributed by atoms with Crippen LogP contribution in [0.2, 0.25) is 0 Å². The zero-order valence-electron chi connectivity index (χ0n) is 40.2. The first-order chi connectivity index (χ1) is 28.8. The van der Waals surface area contributed by atoms with Crippen molar-refractivity contribution in [2.75, 3.05) is 0 Å². The van der Waals surface area contributed by atoms with E-state index >= 15 is 0 Å².